The van der Waals surface area contributed by atoms with Crippen LogP contribution in [0.15, 0.2) is 10.9 Å². The molecule has 1 aliphatic rings. The van der Waals surface area contributed by atoms with Gasteiger partial charge in [0.25, 0.3) is 5.56 Å². The van der Waals surface area contributed by atoms with Crippen molar-refractivity contribution in [2.75, 3.05) is 27.3 Å². The van der Waals surface area contributed by atoms with Gasteiger partial charge in [-0.2, -0.15) is 0 Å². The van der Waals surface area contributed by atoms with E-state index in [1.54, 1.807) is 7.11 Å². The van der Waals surface area contributed by atoms with Crippen molar-refractivity contribution in [3.63, 3.8) is 0 Å². The predicted molar refractivity (Wildman–Crippen MR) is 76.8 cm³/mol. The number of rotatable bonds is 5. The Balaban J connectivity index is 2.38. The van der Waals surface area contributed by atoms with Gasteiger partial charge in [-0.3, -0.25) is 4.79 Å². The molecule has 0 fully saturated rings. The first-order chi connectivity index (χ1) is 9.17. The Kier molecular flexibility index (Phi) is 5.02. The molecule has 0 N–H and O–H groups in total. The molecule has 106 valence electrons. The van der Waals surface area contributed by atoms with Crippen molar-refractivity contribution in [3.05, 3.63) is 33.2 Å². The van der Waals surface area contributed by atoms with Crippen molar-refractivity contribution >= 4 is 11.6 Å². The number of methoxy groups -OCH3 is 1. The molecule has 4 nitrogen and oxygen atoms in total. The molecule has 0 spiro atoms. The minimum atomic E-state index is 0.0643. The molecule has 5 heteroatoms. The summed E-state index contributed by atoms with van der Waals surface area (Å²) in [5.74, 6) is 0.278. The minimum Gasteiger partial charge on any atom is -0.385 e. The van der Waals surface area contributed by atoms with Crippen LogP contribution in [0.25, 0.3) is 0 Å². The molecule has 0 aromatic carbocycles. The number of halogens is 1. The fraction of sp³-hybridized carbons (Fsp3) is 0.643. The SMILES string of the molecule is COCCCn1c2c(cc(CCl)c1=O)CN(C)CC2. The van der Waals surface area contributed by atoms with Crippen molar-refractivity contribution in [1.82, 2.24) is 9.47 Å². The molecule has 19 heavy (non-hydrogen) atoms. The molecular formula is C14H21ClN2O2. The van der Waals surface area contributed by atoms with Gasteiger partial charge in [-0.25, -0.2) is 0 Å². The highest BCUT2D eigenvalue weighted by Crippen LogP contribution is 2.18. The summed E-state index contributed by atoms with van der Waals surface area (Å²) in [6, 6.07) is 1.98. The Bertz CT molecular complexity index is 499. The molecule has 0 saturated carbocycles. The summed E-state index contributed by atoms with van der Waals surface area (Å²) in [6.45, 7) is 3.27. The van der Waals surface area contributed by atoms with Crippen LogP contribution in [0.3, 0.4) is 0 Å². The van der Waals surface area contributed by atoms with E-state index in [-0.39, 0.29) is 11.4 Å². The zero-order valence-electron chi connectivity index (χ0n) is 11.6. The average Bonchev–Trinajstić information content (AvgIpc) is 2.41. The molecule has 0 bridgehead atoms. The Labute approximate surface area is 118 Å². The molecule has 0 amide bonds. The molecule has 1 aliphatic heterocycles. The summed E-state index contributed by atoms with van der Waals surface area (Å²) in [6.07, 6.45) is 1.78. The van der Waals surface area contributed by atoms with Gasteiger partial charge in [0.2, 0.25) is 0 Å². The van der Waals surface area contributed by atoms with Crippen LogP contribution in [-0.4, -0.2) is 36.8 Å². The normalized spacial score (nSPS) is 15.5. The quantitative estimate of drug-likeness (QED) is 0.609. The van der Waals surface area contributed by atoms with Gasteiger partial charge in [-0.1, -0.05) is 0 Å². The number of likely N-dealkylation sites (N-methyl/N-ethyl adjacent to an activating group) is 1. The molecule has 0 radical (unpaired) electrons. The van der Waals surface area contributed by atoms with E-state index < -0.39 is 0 Å². The van der Waals surface area contributed by atoms with Crippen LogP contribution < -0.4 is 5.56 Å². The van der Waals surface area contributed by atoms with E-state index in [1.165, 1.54) is 11.3 Å². The summed E-state index contributed by atoms with van der Waals surface area (Å²) in [7, 11) is 3.78. The van der Waals surface area contributed by atoms with Crippen molar-refractivity contribution in [2.45, 2.75) is 31.8 Å². The predicted octanol–water partition coefficient (Wildman–Crippen LogP) is 1.61. The second kappa shape index (κ2) is 6.55. The van der Waals surface area contributed by atoms with Gasteiger partial charge >= 0.3 is 0 Å². The van der Waals surface area contributed by atoms with Gasteiger partial charge in [-0.05, 0) is 25.1 Å². The lowest BCUT2D eigenvalue weighted by Gasteiger charge is -2.28. The molecule has 0 unspecified atom stereocenters. The lowest BCUT2D eigenvalue weighted by Crippen LogP contribution is -2.35. The number of nitrogens with zero attached hydrogens (tertiary/aromatic N) is 2. The van der Waals surface area contributed by atoms with Gasteiger partial charge in [0.05, 0.1) is 5.88 Å². The molecule has 0 atom stereocenters. The molecule has 1 aromatic heterocycles. The fourth-order valence-electron chi connectivity index (χ4n) is 2.62. The summed E-state index contributed by atoms with van der Waals surface area (Å²) in [5.41, 5.74) is 3.18. The van der Waals surface area contributed by atoms with Gasteiger partial charge < -0.3 is 14.2 Å². The Morgan fingerprint density at radius 1 is 1.47 bits per heavy atom. The smallest absolute Gasteiger partial charge is 0.255 e. The first kappa shape index (κ1) is 14.6. The summed E-state index contributed by atoms with van der Waals surface area (Å²) in [5, 5.41) is 0. The zero-order valence-corrected chi connectivity index (χ0v) is 12.4. The van der Waals surface area contributed by atoms with E-state index in [0.717, 1.165) is 25.9 Å². The summed E-state index contributed by atoms with van der Waals surface area (Å²) in [4.78, 5) is 14.6. The third kappa shape index (κ3) is 3.19. The largest absolute Gasteiger partial charge is 0.385 e. The lowest BCUT2D eigenvalue weighted by atomic mass is 10.0. The number of hydrogen-bond donors (Lipinski definition) is 0. The Hall–Kier alpha value is -0.840. The fourth-order valence-corrected chi connectivity index (χ4v) is 2.81. The maximum Gasteiger partial charge on any atom is 0.255 e. The standard InChI is InChI=1S/C14H21ClN2O2/c1-16-6-4-13-12(10-16)8-11(9-15)14(18)17(13)5-3-7-19-2/h8H,3-7,9-10H2,1-2H3. The Morgan fingerprint density at radius 2 is 2.26 bits per heavy atom. The number of fused-ring (bicyclic) bond motifs is 1. The first-order valence-corrected chi connectivity index (χ1v) is 7.18. The molecule has 2 rings (SSSR count). The molecule has 0 saturated heterocycles. The highest BCUT2D eigenvalue weighted by molar-refractivity contribution is 6.17. The van der Waals surface area contributed by atoms with Gasteiger partial charge in [0, 0.05) is 51.0 Å². The van der Waals surface area contributed by atoms with Gasteiger partial charge in [0.15, 0.2) is 0 Å². The monoisotopic (exact) mass is 284 g/mol. The number of hydrogen-bond acceptors (Lipinski definition) is 3. The number of alkyl halides is 1. The van der Waals surface area contributed by atoms with Crippen LogP contribution in [-0.2, 0) is 30.1 Å². The van der Waals surface area contributed by atoms with Crippen LogP contribution >= 0.6 is 11.6 Å². The highest BCUT2D eigenvalue weighted by atomic mass is 35.5. The first-order valence-electron chi connectivity index (χ1n) is 6.65. The zero-order chi connectivity index (χ0) is 13.8. The van der Waals surface area contributed by atoms with Crippen molar-refractivity contribution in [2.24, 2.45) is 0 Å². The van der Waals surface area contributed by atoms with Crippen molar-refractivity contribution in [1.29, 1.82) is 0 Å². The summed E-state index contributed by atoms with van der Waals surface area (Å²) < 4.78 is 6.97. The average molecular weight is 285 g/mol. The number of ether oxygens (including phenoxy) is 1. The topological polar surface area (TPSA) is 34.5 Å². The number of pyridine rings is 1. The third-order valence-electron chi connectivity index (χ3n) is 3.61. The van der Waals surface area contributed by atoms with E-state index in [1.807, 2.05) is 10.6 Å². The molecule has 2 heterocycles. The molecule has 1 aromatic rings. The second-order valence-corrected chi connectivity index (χ2v) is 5.33. The van der Waals surface area contributed by atoms with E-state index in [2.05, 4.69) is 11.9 Å². The van der Waals surface area contributed by atoms with E-state index in [4.69, 9.17) is 16.3 Å². The van der Waals surface area contributed by atoms with Crippen molar-refractivity contribution < 1.29 is 4.74 Å². The molecule has 0 aliphatic carbocycles. The minimum absolute atomic E-state index is 0.0643. The van der Waals surface area contributed by atoms with E-state index >= 15 is 0 Å². The lowest BCUT2D eigenvalue weighted by molar-refractivity contribution is 0.189. The molecular weight excluding hydrogens is 264 g/mol. The van der Waals surface area contributed by atoms with Crippen LogP contribution in [0.2, 0.25) is 0 Å². The van der Waals surface area contributed by atoms with Crippen LogP contribution in [0.4, 0.5) is 0 Å². The number of aromatic nitrogens is 1. The van der Waals surface area contributed by atoms with Gasteiger partial charge in [-0.15, -0.1) is 11.6 Å². The van der Waals surface area contributed by atoms with Crippen LogP contribution in [0, 0.1) is 0 Å². The maximum absolute atomic E-state index is 12.4. The maximum atomic E-state index is 12.4. The van der Waals surface area contributed by atoms with E-state index in [0.29, 0.717) is 18.7 Å². The van der Waals surface area contributed by atoms with Crippen LogP contribution in [0.5, 0.6) is 0 Å². The Morgan fingerprint density at radius 3 is 2.95 bits per heavy atom. The summed E-state index contributed by atoms with van der Waals surface area (Å²) >= 11 is 5.89. The van der Waals surface area contributed by atoms with Crippen LogP contribution in [0.1, 0.15) is 23.2 Å². The van der Waals surface area contributed by atoms with Crippen molar-refractivity contribution in [3.8, 4) is 0 Å². The second-order valence-electron chi connectivity index (χ2n) is 5.07. The third-order valence-corrected chi connectivity index (χ3v) is 3.90. The van der Waals surface area contributed by atoms with E-state index in [9.17, 15) is 4.79 Å². The van der Waals surface area contributed by atoms with Gasteiger partial charge in [0.1, 0.15) is 0 Å². The highest BCUT2D eigenvalue weighted by Gasteiger charge is 2.19.